The van der Waals surface area contributed by atoms with Crippen molar-refractivity contribution < 1.29 is 13.2 Å². The van der Waals surface area contributed by atoms with Gasteiger partial charge in [-0.05, 0) is 56.3 Å². The second-order valence-corrected chi connectivity index (χ2v) is 9.13. The van der Waals surface area contributed by atoms with Crippen molar-refractivity contribution in [2.75, 3.05) is 11.9 Å². The number of sulfonamides is 1. The van der Waals surface area contributed by atoms with E-state index in [9.17, 15) is 8.42 Å². The van der Waals surface area contributed by atoms with E-state index in [1.807, 2.05) is 26.0 Å². The highest BCUT2D eigenvalue weighted by Crippen LogP contribution is 2.26. The monoisotopic (exact) mass is 464 g/mol. The molecule has 0 aliphatic heterocycles. The fourth-order valence-corrected chi connectivity index (χ4v) is 4.15. The van der Waals surface area contributed by atoms with Crippen LogP contribution in [0.4, 0.5) is 11.5 Å². The minimum absolute atomic E-state index is 0.186. The molecule has 0 atom stereocenters. The number of rotatable bonds is 9. The quantitative estimate of drug-likeness (QED) is 0.387. The van der Waals surface area contributed by atoms with Crippen LogP contribution in [0.3, 0.4) is 0 Å². The van der Waals surface area contributed by atoms with E-state index >= 15 is 0 Å². The van der Waals surface area contributed by atoms with Crippen molar-refractivity contribution in [1.82, 2.24) is 24.2 Å². The van der Waals surface area contributed by atoms with E-state index in [0.29, 0.717) is 29.5 Å². The lowest BCUT2D eigenvalue weighted by Gasteiger charge is -2.11. The van der Waals surface area contributed by atoms with Crippen LogP contribution in [0, 0.1) is 13.8 Å². The number of aromatic nitrogens is 4. The highest BCUT2D eigenvalue weighted by atomic mass is 32.2. The molecule has 3 aromatic heterocycles. The maximum absolute atomic E-state index is 12.5. The average molecular weight is 465 g/mol. The molecule has 0 spiro atoms. The Morgan fingerprint density at radius 3 is 2.58 bits per heavy atom. The molecule has 170 valence electrons. The molecular weight excluding hydrogens is 440 g/mol. The van der Waals surface area contributed by atoms with Crippen LogP contribution in [-0.2, 0) is 16.6 Å². The number of hydrogen-bond donors (Lipinski definition) is 2. The maximum Gasteiger partial charge on any atom is 0.240 e. The van der Waals surface area contributed by atoms with E-state index in [1.165, 1.54) is 0 Å². The Morgan fingerprint density at radius 1 is 1.03 bits per heavy atom. The number of nitrogens with zero attached hydrogens (tertiary/aromatic N) is 4. The number of imidazole rings is 1. The fourth-order valence-electron chi connectivity index (χ4n) is 3.13. The molecule has 0 radical (unpaired) electrons. The van der Waals surface area contributed by atoms with Crippen LogP contribution in [0.2, 0.25) is 0 Å². The van der Waals surface area contributed by atoms with Gasteiger partial charge in [0.2, 0.25) is 10.0 Å². The number of anilines is 2. The van der Waals surface area contributed by atoms with Crippen molar-refractivity contribution in [3.63, 3.8) is 0 Å². The van der Waals surface area contributed by atoms with Gasteiger partial charge in [0.25, 0.3) is 0 Å². The summed E-state index contributed by atoms with van der Waals surface area (Å²) >= 11 is 0. The third-order valence-corrected chi connectivity index (χ3v) is 6.27. The van der Waals surface area contributed by atoms with E-state index in [4.69, 9.17) is 4.74 Å². The first kappa shape index (κ1) is 22.4. The Hall–Kier alpha value is -3.76. The van der Waals surface area contributed by atoms with Crippen LogP contribution in [0.5, 0.6) is 11.5 Å². The zero-order valence-corrected chi connectivity index (χ0v) is 19.1. The topological polar surface area (TPSA) is 111 Å². The lowest BCUT2D eigenvalue weighted by Crippen LogP contribution is -2.27. The zero-order valence-electron chi connectivity index (χ0n) is 18.3. The van der Waals surface area contributed by atoms with Gasteiger partial charge in [0.15, 0.2) is 0 Å². The third-order valence-electron chi connectivity index (χ3n) is 4.79. The van der Waals surface area contributed by atoms with Gasteiger partial charge >= 0.3 is 0 Å². The van der Waals surface area contributed by atoms with Crippen molar-refractivity contribution in [2.24, 2.45) is 0 Å². The van der Waals surface area contributed by atoms with E-state index in [-0.39, 0.29) is 11.4 Å². The van der Waals surface area contributed by atoms with E-state index in [2.05, 4.69) is 25.0 Å². The Bertz CT molecular complexity index is 1320. The van der Waals surface area contributed by atoms with E-state index < -0.39 is 10.0 Å². The lowest BCUT2D eigenvalue weighted by atomic mass is 10.3. The molecule has 9 nitrogen and oxygen atoms in total. The van der Waals surface area contributed by atoms with Gasteiger partial charge in [0.1, 0.15) is 17.3 Å². The Balaban J connectivity index is 1.39. The van der Waals surface area contributed by atoms with Gasteiger partial charge in [0.05, 0.1) is 16.9 Å². The molecule has 33 heavy (non-hydrogen) atoms. The van der Waals surface area contributed by atoms with E-state index in [0.717, 1.165) is 11.4 Å². The van der Waals surface area contributed by atoms with Crippen LogP contribution < -0.4 is 14.8 Å². The summed E-state index contributed by atoms with van der Waals surface area (Å²) in [6.07, 6.45) is 6.71. The summed E-state index contributed by atoms with van der Waals surface area (Å²) in [6.45, 7) is 4.59. The fraction of sp³-hybridized carbons (Fsp3) is 0.174. The number of pyridine rings is 2. The predicted octanol–water partition coefficient (Wildman–Crippen LogP) is 3.80. The summed E-state index contributed by atoms with van der Waals surface area (Å²) in [6, 6.07) is 13.8. The van der Waals surface area contributed by atoms with Crippen molar-refractivity contribution in [1.29, 1.82) is 0 Å². The van der Waals surface area contributed by atoms with Crippen LogP contribution in [0.1, 0.15) is 11.4 Å². The zero-order chi connectivity index (χ0) is 23.3. The summed E-state index contributed by atoms with van der Waals surface area (Å²) in [5.74, 6) is 1.86. The van der Waals surface area contributed by atoms with Gasteiger partial charge in [-0.1, -0.05) is 0 Å². The number of ether oxygens (including phenoxy) is 1. The number of nitrogens with one attached hydrogen (secondary N) is 2. The van der Waals surface area contributed by atoms with Crippen LogP contribution in [-0.4, -0.2) is 34.5 Å². The first-order valence-corrected chi connectivity index (χ1v) is 11.8. The molecule has 1 aromatic carbocycles. The van der Waals surface area contributed by atoms with Gasteiger partial charge in [-0.25, -0.2) is 23.1 Å². The minimum Gasteiger partial charge on any atom is -0.455 e. The molecule has 0 unspecified atom stereocenters. The van der Waals surface area contributed by atoms with Gasteiger partial charge in [0, 0.05) is 49.1 Å². The van der Waals surface area contributed by atoms with Gasteiger partial charge < -0.3 is 14.6 Å². The molecule has 0 fully saturated rings. The summed E-state index contributed by atoms with van der Waals surface area (Å²) in [5, 5.41) is 3.16. The Labute approximate surface area is 192 Å². The molecule has 10 heteroatoms. The molecule has 3 heterocycles. The lowest BCUT2D eigenvalue weighted by molar-refractivity contribution is 0.475. The molecule has 4 aromatic rings. The molecule has 0 aliphatic carbocycles. The van der Waals surface area contributed by atoms with Crippen LogP contribution in [0.15, 0.2) is 78.3 Å². The van der Waals surface area contributed by atoms with E-state index in [1.54, 1.807) is 65.9 Å². The summed E-state index contributed by atoms with van der Waals surface area (Å²) in [7, 11) is -3.60. The second-order valence-electron chi connectivity index (χ2n) is 7.36. The highest BCUT2D eigenvalue weighted by Gasteiger charge is 2.13. The highest BCUT2D eigenvalue weighted by molar-refractivity contribution is 7.89. The number of hydrogen-bond acceptors (Lipinski definition) is 7. The average Bonchev–Trinajstić information content (AvgIpc) is 3.30. The smallest absolute Gasteiger partial charge is 0.240 e. The molecular formula is C23H24N6O3S. The predicted molar refractivity (Wildman–Crippen MR) is 125 cm³/mol. The summed E-state index contributed by atoms with van der Waals surface area (Å²) < 4.78 is 35.3. The van der Waals surface area contributed by atoms with Gasteiger partial charge in [-0.3, -0.25) is 4.98 Å². The standard InChI is InChI=1S/C23H24N6O3S/c1-17-3-8-22(18(2)27-17)32-20-9-10-25-23(15-20)28-19-4-6-21(7-5-19)33(30,31)26-12-14-29-13-11-24-16-29/h3-11,13,15-16,26H,12,14H2,1-2H3,(H,25,28). The molecule has 0 bridgehead atoms. The SMILES string of the molecule is Cc1ccc(Oc2ccnc(Nc3ccc(S(=O)(=O)NCCn4ccnc4)cc3)c2)c(C)n1. The summed E-state index contributed by atoms with van der Waals surface area (Å²) in [4.78, 5) is 12.8. The van der Waals surface area contributed by atoms with Crippen molar-refractivity contribution in [3.8, 4) is 11.5 Å². The van der Waals surface area contributed by atoms with Gasteiger partial charge in [-0.15, -0.1) is 0 Å². The molecule has 2 N–H and O–H groups in total. The summed E-state index contributed by atoms with van der Waals surface area (Å²) in [5.41, 5.74) is 2.43. The number of aryl methyl sites for hydroxylation is 2. The molecule has 0 saturated carbocycles. The minimum atomic E-state index is -3.60. The molecule has 0 amide bonds. The van der Waals surface area contributed by atoms with Crippen LogP contribution >= 0.6 is 0 Å². The van der Waals surface area contributed by atoms with Crippen molar-refractivity contribution in [3.05, 3.63) is 84.8 Å². The first-order valence-electron chi connectivity index (χ1n) is 10.3. The first-order chi connectivity index (χ1) is 15.9. The maximum atomic E-state index is 12.5. The largest absolute Gasteiger partial charge is 0.455 e. The number of benzene rings is 1. The second kappa shape index (κ2) is 9.80. The third kappa shape index (κ3) is 5.93. The Morgan fingerprint density at radius 2 is 1.85 bits per heavy atom. The molecule has 0 aliphatic rings. The van der Waals surface area contributed by atoms with Gasteiger partial charge in [-0.2, -0.15) is 0 Å². The van der Waals surface area contributed by atoms with Crippen LogP contribution in [0.25, 0.3) is 0 Å². The van der Waals surface area contributed by atoms with Crippen molar-refractivity contribution >= 4 is 21.5 Å². The molecule has 4 rings (SSSR count). The van der Waals surface area contributed by atoms with Crippen molar-refractivity contribution in [2.45, 2.75) is 25.3 Å². The Kier molecular flexibility index (Phi) is 6.66. The normalized spacial score (nSPS) is 11.3. The molecule has 0 saturated heterocycles.